The summed E-state index contributed by atoms with van der Waals surface area (Å²) in [6.07, 6.45) is 2.58. The number of para-hydroxylation sites is 1. The Labute approximate surface area is 171 Å². The van der Waals surface area contributed by atoms with Crippen molar-refractivity contribution in [1.82, 2.24) is 10.2 Å². The molecule has 1 N–H and O–H groups in total. The molecule has 3 rings (SSSR count). The minimum atomic E-state index is -0.0559. The third-order valence-electron chi connectivity index (χ3n) is 5.17. The predicted molar refractivity (Wildman–Crippen MR) is 111 cm³/mol. The van der Waals surface area contributed by atoms with E-state index in [4.69, 9.17) is 21.1 Å². The highest BCUT2D eigenvalue weighted by atomic mass is 35.5. The number of ether oxygens (including phenoxy) is 2. The number of nitrogens with zero attached hydrogens (tertiary/aromatic N) is 1. The van der Waals surface area contributed by atoms with Gasteiger partial charge in [0, 0.05) is 22.7 Å². The summed E-state index contributed by atoms with van der Waals surface area (Å²) in [5.74, 6) is 1.46. The van der Waals surface area contributed by atoms with E-state index in [1.54, 1.807) is 32.4 Å². The lowest BCUT2D eigenvalue weighted by Gasteiger charge is -2.29. The largest absolute Gasteiger partial charge is 0.496 e. The molecule has 1 atom stereocenters. The molecule has 0 saturated carbocycles. The van der Waals surface area contributed by atoms with Gasteiger partial charge in [-0.2, -0.15) is 0 Å². The lowest BCUT2D eigenvalue weighted by molar-refractivity contribution is -0.120. The first-order valence-electron chi connectivity index (χ1n) is 9.58. The minimum absolute atomic E-state index is 0.0559. The molecule has 1 aliphatic rings. The number of halogens is 1. The Balaban J connectivity index is 1.71. The van der Waals surface area contributed by atoms with Crippen LogP contribution in [0.5, 0.6) is 11.5 Å². The SMILES string of the molecule is COc1ccc(Cl)cc1CC(=O)NC[C@@H](c1ccccc1OC)N1CCCC1. The van der Waals surface area contributed by atoms with E-state index in [2.05, 4.69) is 16.3 Å². The molecule has 0 aliphatic carbocycles. The fourth-order valence-electron chi connectivity index (χ4n) is 3.76. The highest BCUT2D eigenvalue weighted by Gasteiger charge is 2.26. The number of hydrogen-bond acceptors (Lipinski definition) is 4. The summed E-state index contributed by atoms with van der Waals surface area (Å²) >= 11 is 6.08. The molecule has 1 fully saturated rings. The van der Waals surface area contributed by atoms with Crippen LogP contribution in [0.25, 0.3) is 0 Å². The van der Waals surface area contributed by atoms with Crippen molar-refractivity contribution in [3.8, 4) is 11.5 Å². The van der Waals surface area contributed by atoms with Gasteiger partial charge in [0.2, 0.25) is 5.91 Å². The smallest absolute Gasteiger partial charge is 0.224 e. The molecule has 0 bridgehead atoms. The Morgan fingerprint density at radius 1 is 1.11 bits per heavy atom. The molecule has 0 spiro atoms. The van der Waals surface area contributed by atoms with Gasteiger partial charge in [-0.3, -0.25) is 9.69 Å². The fourth-order valence-corrected chi connectivity index (χ4v) is 3.96. The Morgan fingerprint density at radius 3 is 2.54 bits per heavy atom. The van der Waals surface area contributed by atoms with Crippen molar-refractivity contribution >= 4 is 17.5 Å². The van der Waals surface area contributed by atoms with Gasteiger partial charge in [-0.15, -0.1) is 0 Å². The predicted octanol–water partition coefficient (Wildman–Crippen LogP) is 3.85. The van der Waals surface area contributed by atoms with Crippen LogP contribution in [-0.2, 0) is 11.2 Å². The second-order valence-corrected chi connectivity index (χ2v) is 7.37. The summed E-state index contributed by atoms with van der Waals surface area (Å²) in [5.41, 5.74) is 1.88. The van der Waals surface area contributed by atoms with Crippen LogP contribution >= 0.6 is 11.6 Å². The Kier molecular flexibility index (Phi) is 7.18. The fraction of sp³-hybridized carbons (Fsp3) is 0.409. The Bertz CT molecular complexity index is 806. The van der Waals surface area contributed by atoms with Crippen molar-refractivity contribution in [3.63, 3.8) is 0 Å². The number of likely N-dealkylation sites (tertiary alicyclic amines) is 1. The van der Waals surface area contributed by atoms with Gasteiger partial charge in [-0.05, 0) is 50.2 Å². The van der Waals surface area contributed by atoms with E-state index in [9.17, 15) is 4.79 Å². The van der Waals surface area contributed by atoms with Crippen LogP contribution in [0.2, 0.25) is 5.02 Å². The number of benzene rings is 2. The summed E-state index contributed by atoms with van der Waals surface area (Å²) < 4.78 is 10.9. The minimum Gasteiger partial charge on any atom is -0.496 e. The molecule has 28 heavy (non-hydrogen) atoms. The number of rotatable bonds is 8. The number of hydrogen-bond donors (Lipinski definition) is 1. The van der Waals surface area contributed by atoms with Crippen LogP contribution in [0, 0.1) is 0 Å². The molecule has 0 unspecified atom stereocenters. The van der Waals surface area contributed by atoms with Crippen molar-refractivity contribution < 1.29 is 14.3 Å². The third kappa shape index (κ3) is 4.97. The van der Waals surface area contributed by atoms with Gasteiger partial charge in [0.1, 0.15) is 11.5 Å². The number of methoxy groups -OCH3 is 2. The second-order valence-electron chi connectivity index (χ2n) is 6.94. The van der Waals surface area contributed by atoms with E-state index >= 15 is 0 Å². The lowest BCUT2D eigenvalue weighted by Crippen LogP contribution is -2.37. The van der Waals surface area contributed by atoms with Crippen LogP contribution in [0.4, 0.5) is 0 Å². The summed E-state index contributed by atoms with van der Waals surface area (Å²) in [4.78, 5) is 15.1. The molecule has 1 heterocycles. The lowest BCUT2D eigenvalue weighted by atomic mass is 10.0. The van der Waals surface area contributed by atoms with Gasteiger partial charge in [0.05, 0.1) is 26.7 Å². The molecule has 5 nitrogen and oxygen atoms in total. The maximum absolute atomic E-state index is 12.6. The second kappa shape index (κ2) is 9.80. The Morgan fingerprint density at radius 2 is 1.82 bits per heavy atom. The van der Waals surface area contributed by atoms with Crippen molar-refractivity contribution in [2.24, 2.45) is 0 Å². The van der Waals surface area contributed by atoms with Crippen LogP contribution in [0.15, 0.2) is 42.5 Å². The average molecular weight is 403 g/mol. The van der Waals surface area contributed by atoms with E-state index in [1.807, 2.05) is 18.2 Å². The van der Waals surface area contributed by atoms with Gasteiger partial charge in [-0.25, -0.2) is 0 Å². The molecule has 1 amide bonds. The van der Waals surface area contributed by atoms with E-state index in [0.717, 1.165) is 30.0 Å². The van der Waals surface area contributed by atoms with E-state index < -0.39 is 0 Å². The molecule has 150 valence electrons. The molecule has 1 saturated heterocycles. The van der Waals surface area contributed by atoms with Gasteiger partial charge < -0.3 is 14.8 Å². The zero-order valence-corrected chi connectivity index (χ0v) is 17.2. The van der Waals surface area contributed by atoms with Crippen molar-refractivity contribution in [2.45, 2.75) is 25.3 Å². The number of carbonyl (C=O) groups excluding carboxylic acids is 1. The maximum atomic E-state index is 12.6. The first-order valence-corrected chi connectivity index (χ1v) is 9.96. The summed E-state index contributed by atoms with van der Waals surface area (Å²) in [7, 11) is 3.28. The monoisotopic (exact) mass is 402 g/mol. The van der Waals surface area contributed by atoms with Crippen molar-refractivity contribution in [2.75, 3.05) is 33.9 Å². The summed E-state index contributed by atoms with van der Waals surface area (Å²) in [6.45, 7) is 2.59. The molecule has 0 radical (unpaired) electrons. The molecule has 2 aromatic carbocycles. The first-order chi connectivity index (χ1) is 13.6. The van der Waals surface area contributed by atoms with E-state index in [1.165, 1.54) is 12.8 Å². The van der Waals surface area contributed by atoms with Crippen LogP contribution in [0.1, 0.15) is 30.0 Å². The molecule has 1 aliphatic heterocycles. The Hall–Kier alpha value is -2.24. The standard InChI is InChI=1S/C22H27ClN2O3/c1-27-20-10-9-17(23)13-16(20)14-22(26)24-15-19(25-11-5-6-12-25)18-7-3-4-8-21(18)28-2/h3-4,7-10,13,19H,5-6,11-12,14-15H2,1-2H3,(H,24,26)/t19-/m0/s1. The average Bonchev–Trinajstić information content (AvgIpc) is 3.23. The first kappa shape index (κ1) is 20.5. The van der Waals surface area contributed by atoms with Gasteiger partial charge in [0.25, 0.3) is 0 Å². The highest BCUT2D eigenvalue weighted by Crippen LogP contribution is 2.31. The quantitative estimate of drug-likeness (QED) is 0.728. The molecular weight excluding hydrogens is 376 g/mol. The van der Waals surface area contributed by atoms with Gasteiger partial charge >= 0.3 is 0 Å². The van der Waals surface area contributed by atoms with Crippen molar-refractivity contribution in [3.05, 3.63) is 58.6 Å². The van der Waals surface area contributed by atoms with Crippen LogP contribution in [-0.4, -0.2) is 44.7 Å². The van der Waals surface area contributed by atoms with Gasteiger partial charge in [0.15, 0.2) is 0 Å². The molecule has 2 aromatic rings. The van der Waals surface area contributed by atoms with Crippen molar-refractivity contribution in [1.29, 1.82) is 0 Å². The van der Waals surface area contributed by atoms with E-state index in [0.29, 0.717) is 17.3 Å². The zero-order chi connectivity index (χ0) is 19.9. The van der Waals surface area contributed by atoms with Crippen LogP contribution in [0.3, 0.4) is 0 Å². The zero-order valence-electron chi connectivity index (χ0n) is 16.4. The van der Waals surface area contributed by atoms with Crippen LogP contribution < -0.4 is 14.8 Å². The molecular formula is C22H27ClN2O3. The number of amides is 1. The molecule has 6 heteroatoms. The maximum Gasteiger partial charge on any atom is 0.224 e. The number of carbonyl (C=O) groups is 1. The normalized spacial score (nSPS) is 15.2. The van der Waals surface area contributed by atoms with Gasteiger partial charge in [-0.1, -0.05) is 29.8 Å². The third-order valence-corrected chi connectivity index (χ3v) is 5.40. The number of nitrogens with one attached hydrogen (secondary N) is 1. The highest BCUT2D eigenvalue weighted by molar-refractivity contribution is 6.30. The summed E-state index contributed by atoms with van der Waals surface area (Å²) in [5, 5.41) is 3.68. The van der Waals surface area contributed by atoms with E-state index in [-0.39, 0.29) is 18.4 Å². The topological polar surface area (TPSA) is 50.8 Å². The molecule has 0 aromatic heterocycles. The summed E-state index contributed by atoms with van der Waals surface area (Å²) in [6, 6.07) is 13.4.